The number of hydrogen-bond acceptors (Lipinski definition) is 2. The van der Waals surface area contributed by atoms with Crippen molar-refractivity contribution in [1.82, 2.24) is 0 Å². The molecule has 0 amide bonds. The van der Waals surface area contributed by atoms with Gasteiger partial charge < -0.3 is 4.90 Å². The highest BCUT2D eigenvalue weighted by Gasteiger charge is 2.19. The Labute approximate surface area is 354 Å². The molecule has 0 aliphatic heterocycles. The number of rotatable bonds is 8. The van der Waals surface area contributed by atoms with Gasteiger partial charge in [-0.15, -0.1) is 11.3 Å². The van der Waals surface area contributed by atoms with Crippen molar-refractivity contribution in [3.63, 3.8) is 0 Å². The summed E-state index contributed by atoms with van der Waals surface area (Å²) in [6.45, 7) is 0. The highest BCUT2D eigenvalue weighted by molar-refractivity contribution is 7.23. The molecule has 10 aromatic carbocycles. The first-order valence-electron chi connectivity index (χ1n) is 20.5. The summed E-state index contributed by atoms with van der Waals surface area (Å²) in [5.74, 6) is 0. The van der Waals surface area contributed by atoms with Crippen LogP contribution in [0.15, 0.2) is 237 Å². The second-order valence-corrected chi connectivity index (χ2v) is 16.4. The Hall–Kier alpha value is -7.52. The molecule has 11 rings (SSSR count). The Morgan fingerprint density at radius 3 is 1.48 bits per heavy atom. The minimum atomic E-state index is 1.12. The summed E-state index contributed by atoms with van der Waals surface area (Å²) in [6.07, 6.45) is 0. The van der Waals surface area contributed by atoms with E-state index in [-0.39, 0.29) is 0 Å². The number of anilines is 3. The summed E-state index contributed by atoms with van der Waals surface area (Å²) in [5.41, 5.74) is 14.4. The fourth-order valence-electron chi connectivity index (χ4n) is 8.62. The van der Waals surface area contributed by atoms with Crippen LogP contribution < -0.4 is 4.90 Å². The van der Waals surface area contributed by atoms with Gasteiger partial charge in [0.05, 0.1) is 5.69 Å². The largest absolute Gasteiger partial charge is 0.310 e. The van der Waals surface area contributed by atoms with Gasteiger partial charge in [0.25, 0.3) is 0 Å². The van der Waals surface area contributed by atoms with Crippen LogP contribution in [0.3, 0.4) is 0 Å². The van der Waals surface area contributed by atoms with E-state index in [9.17, 15) is 0 Å². The van der Waals surface area contributed by atoms with Crippen molar-refractivity contribution in [3.8, 4) is 54.9 Å². The van der Waals surface area contributed by atoms with Gasteiger partial charge in [0.15, 0.2) is 0 Å². The third kappa shape index (κ3) is 6.63. The standard InChI is InChI=1S/C58H39NS/c1-3-12-40(13-4-1)43-22-26-47(27-23-43)57-54-37-33-50(39-56(54)60-58(57)48-28-24-44(25-29-48)41-14-5-2-6-15-41)45-30-34-51(35-31-45)59(52-36-32-42-16-7-8-18-49(42)38-52)55-21-11-19-46-17-9-10-20-53(46)55/h1-39H. The molecule has 0 N–H and O–H groups in total. The predicted molar refractivity (Wildman–Crippen MR) is 259 cm³/mol. The van der Waals surface area contributed by atoms with E-state index in [1.165, 1.54) is 86.6 Å². The molecule has 0 unspecified atom stereocenters. The van der Waals surface area contributed by atoms with E-state index in [4.69, 9.17) is 0 Å². The third-order valence-corrected chi connectivity index (χ3v) is 12.9. The Bertz CT molecular complexity index is 3270. The average Bonchev–Trinajstić information content (AvgIpc) is 3.71. The van der Waals surface area contributed by atoms with Crippen LogP contribution in [0.5, 0.6) is 0 Å². The minimum absolute atomic E-state index is 1.12. The zero-order chi connectivity index (χ0) is 39.8. The van der Waals surface area contributed by atoms with E-state index in [1.807, 2.05) is 11.3 Å². The molecule has 1 aromatic heterocycles. The molecule has 0 fully saturated rings. The van der Waals surface area contributed by atoms with Crippen molar-refractivity contribution >= 4 is 60.0 Å². The van der Waals surface area contributed by atoms with Crippen LogP contribution in [-0.2, 0) is 0 Å². The van der Waals surface area contributed by atoms with Crippen molar-refractivity contribution in [2.75, 3.05) is 4.90 Å². The first-order valence-corrected chi connectivity index (χ1v) is 21.3. The first kappa shape index (κ1) is 35.6. The van der Waals surface area contributed by atoms with Gasteiger partial charge in [0, 0.05) is 37.3 Å². The molecular weight excluding hydrogens is 743 g/mol. The zero-order valence-corrected chi connectivity index (χ0v) is 33.7. The van der Waals surface area contributed by atoms with E-state index in [2.05, 4.69) is 241 Å². The molecule has 2 heteroatoms. The van der Waals surface area contributed by atoms with Gasteiger partial charge in [-0.25, -0.2) is 0 Å². The molecule has 0 aliphatic rings. The molecule has 0 atom stereocenters. The summed E-state index contributed by atoms with van der Waals surface area (Å²) in [6, 6.07) is 86.1. The maximum absolute atomic E-state index is 2.39. The molecule has 60 heavy (non-hydrogen) atoms. The van der Waals surface area contributed by atoms with Crippen LogP contribution >= 0.6 is 11.3 Å². The lowest BCUT2D eigenvalue weighted by Gasteiger charge is -2.27. The van der Waals surface area contributed by atoms with E-state index in [0.717, 1.165) is 17.1 Å². The molecule has 0 radical (unpaired) electrons. The van der Waals surface area contributed by atoms with Gasteiger partial charge in [0.2, 0.25) is 0 Å². The Morgan fingerprint density at radius 1 is 0.283 bits per heavy atom. The van der Waals surface area contributed by atoms with Gasteiger partial charge >= 0.3 is 0 Å². The lowest BCUT2D eigenvalue weighted by Crippen LogP contribution is -2.10. The molecule has 282 valence electrons. The summed E-state index contributed by atoms with van der Waals surface area (Å²) in [7, 11) is 0. The SMILES string of the molecule is c1ccc(-c2ccc(-c3sc4cc(-c5ccc(N(c6ccc7ccccc7c6)c6cccc7ccccc67)cc5)ccc4c3-c3ccc(-c4ccccc4)cc3)cc2)cc1. The van der Waals surface area contributed by atoms with Gasteiger partial charge in [0.1, 0.15) is 0 Å². The second kappa shape index (κ2) is 15.3. The highest BCUT2D eigenvalue weighted by atomic mass is 32.1. The molecule has 0 bridgehead atoms. The fourth-order valence-corrected chi connectivity index (χ4v) is 9.89. The Morgan fingerprint density at radius 2 is 0.783 bits per heavy atom. The molecule has 1 heterocycles. The average molecular weight is 782 g/mol. The quantitative estimate of drug-likeness (QED) is 0.148. The lowest BCUT2D eigenvalue weighted by molar-refractivity contribution is 1.30. The number of benzene rings is 10. The lowest BCUT2D eigenvalue weighted by atomic mass is 9.95. The van der Waals surface area contributed by atoms with Gasteiger partial charge in [-0.05, 0) is 97.1 Å². The van der Waals surface area contributed by atoms with Crippen molar-refractivity contribution < 1.29 is 0 Å². The van der Waals surface area contributed by atoms with Gasteiger partial charge in [-0.1, -0.05) is 200 Å². The first-order chi connectivity index (χ1) is 29.7. The van der Waals surface area contributed by atoms with Crippen molar-refractivity contribution in [3.05, 3.63) is 237 Å². The van der Waals surface area contributed by atoms with Gasteiger partial charge in [-0.3, -0.25) is 0 Å². The normalized spacial score (nSPS) is 11.3. The van der Waals surface area contributed by atoms with Crippen LogP contribution in [-0.4, -0.2) is 0 Å². The second-order valence-electron chi connectivity index (χ2n) is 15.3. The summed E-state index contributed by atoms with van der Waals surface area (Å²) < 4.78 is 1.27. The minimum Gasteiger partial charge on any atom is -0.310 e. The number of hydrogen-bond donors (Lipinski definition) is 0. The molecule has 0 spiro atoms. The topological polar surface area (TPSA) is 3.24 Å². The van der Waals surface area contributed by atoms with Crippen molar-refractivity contribution in [1.29, 1.82) is 0 Å². The maximum atomic E-state index is 2.39. The maximum Gasteiger partial charge on any atom is 0.0540 e. The van der Waals surface area contributed by atoms with Crippen LogP contribution in [0, 0.1) is 0 Å². The van der Waals surface area contributed by atoms with Crippen LogP contribution in [0.4, 0.5) is 17.1 Å². The van der Waals surface area contributed by atoms with E-state index in [1.54, 1.807) is 0 Å². The van der Waals surface area contributed by atoms with Crippen molar-refractivity contribution in [2.24, 2.45) is 0 Å². The fraction of sp³-hybridized carbons (Fsp3) is 0. The van der Waals surface area contributed by atoms with Gasteiger partial charge in [-0.2, -0.15) is 0 Å². The summed E-state index contributed by atoms with van der Waals surface area (Å²) >= 11 is 1.88. The molecule has 11 aromatic rings. The summed E-state index contributed by atoms with van der Waals surface area (Å²) in [5, 5.41) is 6.17. The van der Waals surface area contributed by atoms with Crippen LogP contribution in [0.25, 0.3) is 86.6 Å². The van der Waals surface area contributed by atoms with E-state index < -0.39 is 0 Å². The predicted octanol–water partition coefficient (Wildman–Crippen LogP) is 17.0. The zero-order valence-electron chi connectivity index (χ0n) is 32.9. The Kier molecular flexibility index (Phi) is 9.11. The monoisotopic (exact) mass is 781 g/mol. The van der Waals surface area contributed by atoms with E-state index in [0.29, 0.717) is 0 Å². The van der Waals surface area contributed by atoms with Crippen LogP contribution in [0.2, 0.25) is 0 Å². The van der Waals surface area contributed by atoms with Crippen LogP contribution in [0.1, 0.15) is 0 Å². The third-order valence-electron chi connectivity index (χ3n) is 11.7. The highest BCUT2D eigenvalue weighted by Crippen LogP contribution is 2.47. The van der Waals surface area contributed by atoms with Crippen molar-refractivity contribution in [2.45, 2.75) is 0 Å². The molecule has 0 saturated heterocycles. The molecular formula is C58H39NS. The number of nitrogens with zero attached hydrogens (tertiary/aromatic N) is 1. The molecule has 0 saturated carbocycles. The number of fused-ring (bicyclic) bond motifs is 3. The summed E-state index contributed by atoms with van der Waals surface area (Å²) in [4.78, 5) is 3.68. The smallest absolute Gasteiger partial charge is 0.0540 e. The van der Waals surface area contributed by atoms with E-state index >= 15 is 0 Å². The molecule has 1 nitrogen and oxygen atoms in total. The number of thiophene rings is 1. The Balaban J connectivity index is 0.997. The molecule has 0 aliphatic carbocycles.